The Bertz CT molecular complexity index is 1090. The van der Waals surface area contributed by atoms with Crippen molar-refractivity contribution in [3.63, 3.8) is 0 Å². The van der Waals surface area contributed by atoms with Crippen molar-refractivity contribution in [1.82, 2.24) is 9.62 Å². The van der Waals surface area contributed by atoms with Gasteiger partial charge in [0.25, 0.3) is 5.91 Å². The molecule has 4 rings (SSSR count). The normalized spacial score (nSPS) is 18.1. The van der Waals surface area contributed by atoms with Crippen LogP contribution in [-0.2, 0) is 24.3 Å². The molecule has 1 aliphatic heterocycles. The second-order valence-corrected chi connectivity index (χ2v) is 10.7. The zero-order chi connectivity index (χ0) is 24.1. The van der Waals surface area contributed by atoms with Gasteiger partial charge in [-0.2, -0.15) is 4.31 Å². The minimum absolute atomic E-state index is 0.122. The third-order valence-electron chi connectivity index (χ3n) is 6.40. The van der Waals surface area contributed by atoms with Crippen LogP contribution in [-0.4, -0.2) is 51.4 Å². The standard InChI is InChI=1S/C25H30N2O6S/c1-32-21-11-9-19(10-12-21)24(18-7-8-18)26-23(28)17-33-25(29)20-13-15-27(16-14-20)34(30,31)22-5-3-2-4-6-22/h2-6,9-12,18,20,24H,7-8,13-17H2,1H3,(H,26,28). The van der Waals surface area contributed by atoms with E-state index in [-0.39, 0.29) is 36.5 Å². The van der Waals surface area contributed by atoms with Crippen LogP contribution in [0.2, 0.25) is 0 Å². The molecule has 0 spiro atoms. The molecule has 1 N–H and O–H groups in total. The quantitative estimate of drug-likeness (QED) is 0.547. The van der Waals surface area contributed by atoms with E-state index in [0.717, 1.165) is 24.2 Å². The first kappa shape index (κ1) is 24.2. The molecule has 1 saturated heterocycles. The fourth-order valence-electron chi connectivity index (χ4n) is 4.26. The molecule has 1 amide bonds. The molecule has 2 aromatic carbocycles. The molecule has 2 aliphatic rings. The molecule has 0 radical (unpaired) electrons. The second kappa shape index (κ2) is 10.6. The Kier molecular flexibility index (Phi) is 7.53. The summed E-state index contributed by atoms with van der Waals surface area (Å²) in [6.45, 7) is 0.134. The maximum atomic E-state index is 12.7. The molecule has 1 saturated carbocycles. The molecule has 182 valence electrons. The number of esters is 1. The summed E-state index contributed by atoms with van der Waals surface area (Å²) >= 11 is 0. The summed E-state index contributed by atoms with van der Waals surface area (Å²) in [7, 11) is -1.97. The van der Waals surface area contributed by atoms with E-state index in [2.05, 4.69) is 5.32 Å². The smallest absolute Gasteiger partial charge is 0.309 e. The largest absolute Gasteiger partial charge is 0.497 e. The van der Waals surface area contributed by atoms with Gasteiger partial charge in [0, 0.05) is 13.1 Å². The molecule has 1 aliphatic carbocycles. The summed E-state index contributed by atoms with van der Waals surface area (Å²) in [4.78, 5) is 25.3. The van der Waals surface area contributed by atoms with Crippen molar-refractivity contribution in [2.75, 3.05) is 26.8 Å². The van der Waals surface area contributed by atoms with Crippen molar-refractivity contribution >= 4 is 21.9 Å². The summed E-state index contributed by atoms with van der Waals surface area (Å²) in [6.07, 6.45) is 2.81. The number of amides is 1. The van der Waals surface area contributed by atoms with E-state index in [0.29, 0.717) is 18.8 Å². The lowest BCUT2D eigenvalue weighted by Gasteiger charge is -2.30. The van der Waals surface area contributed by atoms with Crippen molar-refractivity contribution in [3.8, 4) is 5.75 Å². The number of methoxy groups -OCH3 is 1. The Morgan fingerprint density at radius 3 is 2.24 bits per heavy atom. The van der Waals surface area contributed by atoms with E-state index in [9.17, 15) is 18.0 Å². The van der Waals surface area contributed by atoms with Gasteiger partial charge in [-0.3, -0.25) is 9.59 Å². The second-order valence-electron chi connectivity index (χ2n) is 8.75. The van der Waals surface area contributed by atoms with Gasteiger partial charge in [0.2, 0.25) is 10.0 Å². The molecule has 0 bridgehead atoms. The number of sulfonamides is 1. The number of carbonyl (C=O) groups is 2. The number of carbonyl (C=O) groups excluding carboxylic acids is 2. The maximum Gasteiger partial charge on any atom is 0.309 e. The lowest BCUT2D eigenvalue weighted by Crippen LogP contribution is -2.41. The predicted octanol–water partition coefficient (Wildman–Crippen LogP) is 2.91. The van der Waals surface area contributed by atoms with Gasteiger partial charge in [-0.05, 0) is 61.4 Å². The molecule has 2 aromatic rings. The summed E-state index contributed by atoms with van der Waals surface area (Å²) in [5.74, 6) is -0.0922. The van der Waals surface area contributed by atoms with E-state index in [1.54, 1.807) is 37.4 Å². The SMILES string of the molecule is COc1ccc(C(NC(=O)COC(=O)C2CCN(S(=O)(=O)c3ccccc3)CC2)C2CC2)cc1. The Morgan fingerprint density at radius 1 is 1.00 bits per heavy atom. The summed E-state index contributed by atoms with van der Waals surface area (Å²) in [5.41, 5.74) is 0.995. The van der Waals surface area contributed by atoms with Crippen molar-refractivity contribution in [2.24, 2.45) is 11.8 Å². The van der Waals surface area contributed by atoms with E-state index in [1.807, 2.05) is 24.3 Å². The topological polar surface area (TPSA) is 102 Å². The number of nitrogens with zero attached hydrogens (tertiary/aromatic N) is 1. The van der Waals surface area contributed by atoms with E-state index >= 15 is 0 Å². The number of ether oxygens (including phenoxy) is 2. The fraction of sp³-hybridized carbons (Fsp3) is 0.440. The van der Waals surface area contributed by atoms with Crippen molar-refractivity contribution < 1.29 is 27.5 Å². The monoisotopic (exact) mass is 486 g/mol. The van der Waals surface area contributed by atoms with Gasteiger partial charge in [-0.1, -0.05) is 30.3 Å². The maximum absolute atomic E-state index is 12.7. The van der Waals surface area contributed by atoms with E-state index in [1.165, 1.54) is 4.31 Å². The number of hydrogen-bond donors (Lipinski definition) is 1. The Morgan fingerprint density at radius 2 is 1.65 bits per heavy atom. The lowest BCUT2D eigenvalue weighted by atomic mass is 9.98. The van der Waals surface area contributed by atoms with E-state index in [4.69, 9.17) is 9.47 Å². The van der Waals surface area contributed by atoms with E-state index < -0.39 is 21.9 Å². The highest BCUT2D eigenvalue weighted by Crippen LogP contribution is 2.41. The van der Waals surface area contributed by atoms with Crippen LogP contribution in [0.1, 0.15) is 37.3 Å². The summed E-state index contributed by atoms with van der Waals surface area (Å²) < 4.78 is 37.4. The average Bonchev–Trinajstić information content (AvgIpc) is 3.72. The van der Waals surface area contributed by atoms with Gasteiger partial charge in [0.1, 0.15) is 5.75 Å². The summed E-state index contributed by atoms with van der Waals surface area (Å²) in [5, 5.41) is 2.99. The third-order valence-corrected chi connectivity index (χ3v) is 8.31. The molecule has 2 fully saturated rings. The van der Waals surface area contributed by atoms with Crippen LogP contribution in [0.3, 0.4) is 0 Å². The number of piperidine rings is 1. The van der Waals surface area contributed by atoms with Gasteiger partial charge in [-0.15, -0.1) is 0 Å². The van der Waals surface area contributed by atoms with Crippen molar-refractivity contribution in [3.05, 3.63) is 60.2 Å². The zero-order valence-corrected chi connectivity index (χ0v) is 20.0. The van der Waals surface area contributed by atoms with Gasteiger partial charge in [-0.25, -0.2) is 8.42 Å². The minimum atomic E-state index is -3.57. The molecule has 34 heavy (non-hydrogen) atoms. The van der Waals surface area contributed by atoms with Crippen LogP contribution in [0.25, 0.3) is 0 Å². The van der Waals surface area contributed by atoms with Crippen LogP contribution >= 0.6 is 0 Å². The molecule has 9 heteroatoms. The Labute approximate surface area is 200 Å². The fourth-order valence-corrected chi connectivity index (χ4v) is 5.75. The van der Waals surface area contributed by atoms with Crippen LogP contribution in [0, 0.1) is 11.8 Å². The first-order valence-corrected chi connectivity index (χ1v) is 13.0. The van der Waals surface area contributed by atoms with Crippen molar-refractivity contribution in [2.45, 2.75) is 36.6 Å². The highest BCUT2D eigenvalue weighted by atomic mass is 32.2. The van der Waals surface area contributed by atoms with Gasteiger partial charge < -0.3 is 14.8 Å². The number of hydrogen-bond acceptors (Lipinski definition) is 6. The highest BCUT2D eigenvalue weighted by molar-refractivity contribution is 7.89. The van der Waals surface area contributed by atoms with Crippen LogP contribution in [0.15, 0.2) is 59.5 Å². The van der Waals surface area contributed by atoms with Crippen LogP contribution < -0.4 is 10.1 Å². The average molecular weight is 487 g/mol. The molecular weight excluding hydrogens is 456 g/mol. The number of benzene rings is 2. The molecule has 8 nitrogen and oxygen atoms in total. The number of rotatable bonds is 9. The highest BCUT2D eigenvalue weighted by Gasteiger charge is 2.35. The molecule has 1 heterocycles. The summed E-state index contributed by atoms with van der Waals surface area (Å²) in [6, 6.07) is 15.7. The predicted molar refractivity (Wildman–Crippen MR) is 125 cm³/mol. The number of nitrogens with one attached hydrogen (secondary N) is 1. The van der Waals surface area contributed by atoms with Gasteiger partial charge >= 0.3 is 5.97 Å². The molecule has 1 atom stereocenters. The van der Waals surface area contributed by atoms with Gasteiger partial charge in [0.05, 0.1) is 24.0 Å². The molecule has 1 unspecified atom stereocenters. The third kappa shape index (κ3) is 5.77. The lowest BCUT2D eigenvalue weighted by molar-refractivity contribution is -0.153. The Hall–Kier alpha value is -2.91. The molecular formula is C25H30N2O6S. The first-order valence-electron chi connectivity index (χ1n) is 11.5. The van der Waals surface area contributed by atoms with Crippen LogP contribution in [0.5, 0.6) is 5.75 Å². The Balaban J connectivity index is 1.25. The minimum Gasteiger partial charge on any atom is -0.497 e. The van der Waals surface area contributed by atoms with Crippen molar-refractivity contribution in [1.29, 1.82) is 0 Å². The van der Waals surface area contributed by atoms with Gasteiger partial charge in [0.15, 0.2) is 6.61 Å². The van der Waals surface area contributed by atoms with Crippen LogP contribution in [0.4, 0.5) is 0 Å². The first-order chi connectivity index (χ1) is 16.4. The zero-order valence-electron chi connectivity index (χ0n) is 19.2. The molecule has 0 aromatic heterocycles.